The Hall–Kier alpha value is -1.00. The third-order valence-corrected chi connectivity index (χ3v) is 4.20. The molecule has 0 aliphatic heterocycles. The fraction of sp³-hybridized carbons (Fsp3) is 0.300. The van der Waals surface area contributed by atoms with Gasteiger partial charge in [-0.1, -0.05) is 28.1 Å². The van der Waals surface area contributed by atoms with Gasteiger partial charge in [-0.25, -0.2) is 8.42 Å². The molecule has 0 fully saturated rings. The summed E-state index contributed by atoms with van der Waals surface area (Å²) in [5.41, 5.74) is 0.581. The third-order valence-electron chi connectivity index (χ3n) is 2.16. The largest absolute Gasteiger partial charge is 0.341 e. The van der Waals surface area contributed by atoms with E-state index in [4.69, 9.17) is 5.26 Å². The molecule has 92 valence electrons. The number of sulfone groups is 1. The Morgan fingerprint density at radius 3 is 2.18 bits per heavy atom. The van der Waals surface area contributed by atoms with Crippen LogP contribution in [0, 0.1) is 11.3 Å². The Morgan fingerprint density at radius 1 is 1.29 bits per heavy atom. The van der Waals surface area contributed by atoms with E-state index < -0.39 is 26.4 Å². The highest BCUT2D eigenvalue weighted by Crippen LogP contribution is 2.22. The van der Waals surface area contributed by atoms with Crippen LogP contribution in [0.3, 0.4) is 0 Å². The van der Waals surface area contributed by atoms with Crippen molar-refractivity contribution in [3.63, 3.8) is 0 Å². The van der Waals surface area contributed by atoms with Crippen LogP contribution in [-0.4, -0.2) is 19.5 Å². The van der Waals surface area contributed by atoms with Crippen molar-refractivity contribution in [2.24, 2.45) is 0 Å². The van der Waals surface area contributed by atoms with Crippen LogP contribution in [0.5, 0.6) is 0 Å². The molecule has 0 saturated carbocycles. The van der Waals surface area contributed by atoms with E-state index in [-0.39, 0.29) is 0 Å². The van der Waals surface area contributed by atoms with Crippen molar-refractivity contribution < 1.29 is 17.2 Å². The van der Waals surface area contributed by atoms with Gasteiger partial charge in [0.25, 0.3) is 0 Å². The van der Waals surface area contributed by atoms with E-state index in [9.17, 15) is 17.2 Å². The summed E-state index contributed by atoms with van der Waals surface area (Å²) in [5, 5.41) is 9.17. The molecule has 1 aromatic rings. The summed E-state index contributed by atoms with van der Waals surface area (Å²) in [4.78, 5) is -0.442. The molecule has 1 rings (SSSR count). The lowest BCUT2D eigenvalue weighted by Gasteiger charge is -2.07. The molecule has 0 bridgehead atoms. The minimum absolute atomic E-state index is 0.393. The van der Waals surface area contributed by atoms with Crippen molar-refractivity contribution in [1.29, 1.82) is 5.26 Å². The maximum atomic E-state index is 12.2. The molecule has 0 N–H and O–H groups in total. The Labute approximate surface area is 106 Å². The molecule has 1 aromatic carbocycles. The van der Waals surface area contributed by atoms with Gasteiger partial charge >= 0.3 is 5.76 Å². The van der Waals surface area contributed by atoms with E-state index in [0.29, 0.717) is 10.9 Å². The van der Waals surface area contributed by atoms with E-state index in [1.165, 1.54) is 12.1 Å². The highest BCUT2D eigenvalue weighted by atomic mass is 79.9. The molecule has 1 atom stereocenters. The van der Waals surface area contributed by atoms with Gasteiger partial charge in [0.05, 0.1) is 16.9 Å². The standard InChI is InChI=1S/C10H8BrF2NO2S/c11-5-8(6-14)7-1-3-9(4-2-7)17(15,16)10(12)13/h1-4,8,10H,5H2. The number of rotatable bonds is 4. The van der Waals surface area contributed by atoms with E-state index in [1.54, 1.807) is 0 Å². The normalized spacial score (nSPS) is 13.4. The second-order valence-electron chi connectivity index (χ2n) is 3.21. The van der Waals surface area contributed by atoms with Gasteiger partial charge in [0.15, 0.2) is 0 Å². The minimum atomic E-state index is -4.56. The SMILES string of the molecule is N#CC(CBr)c1ccc(S(=O)(=O)C(F)F)cc1. The maximum absolute atomic E-state index is 12.2. The molecule has 1 unspecified atom stereocenters. The number of nitriles is 1. The molecule has 0 aliphatic carbocycles. The molecule has 0 amide bonds. The molecule has 3 nitrogen and oxygen atoms in total. The molecule has 7 heteroatoms. The van der Waals surface area contributed by atoms with Crippen LogP contribution in [0.1, 0.15) is 11.5 Å². The van der Waals surface area contributed by atoms with Crippen molar-refractivity contribution >= 4 is 25.8 Å². The summed E-state index contributed by atoms with van der Waals surface area (Å²) in [6, 6.07) is 6.91. The fourth-order valence-electron chi connectivity index (χ4n) is 1.19. The Kier molecular flexibility index (Phi) is 4.60. The van der Waals surface area contributed by atoms with Crippen LogP contribution >= 0.6 is 15.9 Å². The molecule has 0 spiro atoms. The summed E-state index contributed by atoms with van der Waals surface area (Å²) in [5.74, 6) is -3.87. The summed E-state index contributed by atoms with van der Waals surface area (Å²) >= 11 is 3.13. The molecule has 0 aliphatic rings. The van der Waals surface area contributed by atoms with Crippen LogP contribution in [0.25, 0.3) is 0 Å². The van der Waals surface area contributed by atoms with E-state index in [1.807, 2.05) is 6.07 Å². The number of alkyl halides is 3. The van der Waals surface area contributed by atoms with Crippen LogP contribution in [0.15, 0.2) is 29.2 Å². The van der Waals surface area contributed by atoms with Crippen LogP contribution in [0.4, 0.5) is 8.78 Å². The Balaban J connectivity index is 3.09. The zero-order valence-electron chi connectivity index (χ0n) is 8.48. The smallest absolute Gasteiger partial charge is 0.218 e. The second-order valence-corrected chi connectivity index (χ2v) is 5.78. The first-order valence-electron chi connectivity index (χ1n) is 4.51. The first kappa shape index (κ1) is 14.1. The zero-order chi connectivity index (χ0) is 13.1. The van der Waals surface area contributed by atoms with Crippen molar-refractivity contribution in [2.45, 2.75) is 16.6 Å². The number of hydrogen-bond donors (Lipinski definition) is 0. The number of halogens is 3. The predicted molar refractivity (Wildman–Crippen MR) is 61.8 cm³/mol. The summed E-state index contributed by atoms with van der Waals surface area (Å²) in [6.45, 7) is 0. The van der Waals surface area contributed by atoms with Crippen LogP contribution < -0.4 is 0 Å². The first-order valence-corrected chi connectivity index (χ1v) is 7.18. The van der Waals surface area contributed by atoms with Crippen LogP contribution in [0.2, 0.25) is 0 Å². The van der Waals surface area contributed by atoms with Crippen LogP contribution in [-0.2, 0) is 9.84 Å². The lowest BCUT2D eigenvalue weighted by Crippen LogP contribution is -2.11. The quantitative estimate of drug-likeness (QED) is 0.800. The number of hydrogen-bond acceptors (Lipinski definition) is 3. The zero-order valence-corrected chi connectivity index (χ0v) is 10.9. The number of nitrogens with zero attached hydrogens (tertiary/aromatic N) is 1. The minimum Gasteiger partial charge on any atom is -0.218 e. The molecule has 0 radical (unpaired) electrons. The Morgan fingerprint density at radius 2 is 1.82 bits per heavy atom. The third kappa shape index (κ3) is 3.01. The van der Waals surface area contributed by atoms with Gasteiger partial charge < -0.3 is 0 Å². The molecule has 0 aromatic heterocycles. The topological polar surface area (TPSA) is 57.9 Å². The second kappa shape index (κ2) is 5.56. The highest BCUT2D eigenvalue weighted by molar-refractivity contribution is 9.09. The van der Waals surface area contributed by atoms with Gasteiger partial charge in [0.1, 0.15) is 0 Å². The van der Waals surface area contributed by atoms with Gasteiger partial charge in [-0.3, -0.25) is 0 Å². The Bertz CT molecular complexity index is 522. The molecule has 17 heavy (non-hydrogen) atoms. The lowest BCUT2D eigenvalue weighted by atomic mass is 10.0. The van der Waals surface area contributed by atoms with E-state index >= 15 is 0 Å². The first-order chi connectivity index (χ1) is 7.93. The van der Waals surface area contributed by atoms with Gasteiger partial charge in [-0.15, -0.1) is 0 Å². The number of benzene rings is 1. The molecular formula is C10H8BrF2NO2S. The lowest BCUT2D eigenvalue weighted by molar-refractivity contribution is 0.234. The summed E-state index contributed by atoms with van der Waals surface area (Å²) in [6.07, 6.45) is 0. The van der Waals surface area contributed by atoms with Gasteiger partial charge in [-0.05, 0) is 17.7 Å². The van der Waals surface area contributed by atoms with Gasteiger partial charge in [-0.2, -0.15) is 14.0 Å². The molecule has 0 saturated heterocycles. The maximum Gasteiger partial charge on any atom is 0.341 e. The van der Waals surface area contributed by atoms with E-state index in [0.717, 1.165) is 12.1 Å². The monoisotopic (exact) mass is 323 g/mol. The van der Waals surface area contributed by atoms with Crippen molar-refractivity contribution in [1.82, 2.24) is 0 Å². The molecule has 0 heterocycles. The predicted octanol–water partition coefficient (Wildman–Crippen LogP) is 2.68. The van der Waals surface area contributed by atoms with Gasteiger partial charge in [0, 0.05) is 5.33 Å². The van der Waals surface area contributed by atoms with Crippen molar-refractivity contribution in [3.8, 4) is 6.07 Å². The summed E-state index contributed by atoms with van der Waals surface area (Å²) < 4.78 is 46.7. The average Bonchev–Trinajstić information content (AvgIpc) is 2.31. The van der Waals surface area contributed by atoms with Crippen molar-refractivity contribution in [3.05, 3.63) is 29.8 Å². The van der Waals surface area contributed by atoms with Crippen molar-refractivity contribution in [2.75, 3.05) is 5.33 Å². The van der Waals surface area contributed by atoms with E-state index in [2.05, 4.69) is 15.9 Å². The van der Waals surface area contributed by atoms with Gasteiger partial charge in [0.2, 0.25) is 9.84 Å². The fourth-order valence-corrected chi connectivity index (χ4v) is 2.43. The average molecular weight is 324 g/mol. The highest BCUT2D eigenvalue weighted by Gasteiger charge is 2.26. The summed E-state index contributed by atoms with van der Waals surface area (Å²) in [7, 11) is -4.56. The molecular weight excluding hydrogens is 316 g/mol.